The van der Waals surface area contributed by atoms with Crippen LogP contribution in [-0.2, 0) is 0 Å². The Morgan fingerprint density at radius 2 is 1.90 bits per heavy atom. The molecule has 0 aliphatic heterocycles. The van der Waals surface area contributed by atoms with E-state index >= 15 is 0 Å². The first kappa shape index (κ1) is 22.2. The van der Waals surface area contributed by atoms with Crippen molar-refractivity contribution < 1.29 is 9.59 Å². The number of nitrogens with one attached hydrogen (secondary N) is 2. The fourth-order valence-electron chi connectivity index (χ4n) is 3.09. The standard InChI is InChI=1S/C22H21BrN6O2/c1-12(2)26-21(30)16-9-15(11-24)8-14(4)19(16)27-22(31)17-10-18(23)28-29(17)20-13(3)6-5-7-25-20/h5-10,12H,1-4H3,(H,26,30)(H,27,31). The third kappa shape index (κ3) is 4.81. The van der Waals surface area contributed by atoms with Crippen LogP contribution >= 0.6 is 15.9 Å². The number of pyridine rings is 1. The molecule has 2 heterocycles. The number of nitriles is 1. The molecule has 0 saturated carbocycles. The van der Waals surface area contributed by atoms with E-state index in [1.807, 2.05) is 32.9 Å². The summed E-state index contributed by atoms with van der Waals surface area (Å²) in [6, 6.07) is 10.3. The number of aryl methyl sites for hydroxylation is 2. The zero-order valence-electron chi connectivity index (χ0n) is 17.5. The molecule has 0 spiro atoms. The monoisotopic (exact) mass is 480 g/mol. The zero-order valence-corrected chi connectivity index (χ0v) is 19.1. The second-order valence-corrected chi connectivity index (χ2v) is 8.13. The first-order valence-corrected chi connectivity index (χ1v) is 10.3. The Morgan fingerprint density at radius 3 is 2.55 bits per heavy atom. The molecule has 0 fully saturated rings. The van der Waals surface area contributed by atoms with Crippen LogP contribution in [0.2, 0.25) is 0 Å². The van der Waals surface area contributed by atoms with Gasteiger partial charge >= 0.3 is 0 Å². The molecule has 9 heteroatoms. The third-order valence-corrected chi connectivity index (χ3v) is 4.85. The van der Waals surface area contributed by atoms with E-state index in [1.54, 1.807) is 31.3 Å². The Kier molecular flexibility index (Phi) is 6.51. The van der Waals surface area contributed by atoms with Gasteiger partial charge in [0.15, 0.2) is 5.82 Å². The molecular weight excluding hydrogens is 460 g/mol. The van der Waals surface area contributed by atoms with E-state index in [-0.39, 0.29) is 23.2 Å². The van der Waals surface area contributed by atoms with Gasteiger partial charge in [-0.15, -0.1) is 0 Å². The van der Waals surface area contributed by atoms with Crippen molar-refractivity contribution in [2.45, 2.75) is 33.7 Å². The van der Waals surface area contributed by atoms with Gasteiger partial charge in [-0.05, 0) is 73.0 Å². The van der Waals surface area contributed by atoms with Crippen LogP contribution in [0.4, 0.5) is 5.69 Å². The molecule has 2 N–H and O–H groups in total. The molecule has 0 saturated heterocycles. The van der Waals surface area contributed by atoms with Gasteiger partial charge in [-0.25, -0.2) is 9.67 Å². The van der Waals surface area contributed by atoms with Crippen LogP contribution in [0.25, 0.3) is 5.82 Å². The summed E-state index contributed by atoms with van der Waals surface area (Å²) >= 11 is 3.32. The number of nitrogens with zero attached hydrogens (tertiary/aromatic N) is 4. The third-order valence-electron chi connectivity index (χ3n) is 4.46. The van der Waals surface area contributed by atoms with Crippen molar-refractivity contribution in [3.05, 3.63) is 69.1 Å². The summed E-state index contributed by atoms with van der Waals surface area (Å²) in [4.78, 5) is 30.3. The van der Waals surface area contributed by atoms with Crippen molar-refractivity contribution in [1.29, 1.82) is 5.26 Å². The minimum absolute atomic E-state index is 0.105. The van der Waals surface area contributed by atoms with Gasteiger partial charge in [0, 0.05) is 18.3 Å². The number of carbonyl (C=O) groups is 2. The van der Waals surface area contributed by atoms with Crippen LogP contribution in [0.1, 0.15) is 51.4 Å². The average molecular weight is 481 g/mol. The number of halogens is 1. The fourth-order valence-corrected chi connectivity index (χ4v) is 3.46. The van der Waals surface area contributed by atoms with Gasteiger partial charge in [-0.2, -0.15) is 10.4 Å². The first-order chi connectivity index (χ1) is 14.7. The van der Waals surface area contributed by atoms with Crippen molar-refractivity contribution in [2.75, 3.05) is 5.32 Å². The van der Waals surface area contributed by atoms with Crippen LogP contribution in [-0.4, -0.2) is 32.6 Å². The maximum atomic E-state index is 13.2. The number of rotatable bonds is 5. The molecule has 31 heavy (non-hydrogen) atoms. The number of hydrogen-bond acceptors (Lipinski definition) is 5. The lowest BCUT2D eigenvalue weighted by Crippen LogP contribution is -2.31. The van der Waals surface area contributed by atoms with Gasteiger partial charge in [0.1, 0.15) is 10.3 Å². The highest BCUT2D eigenvalue weighted by atomic mass is 79.9. The van der Waals surface area contributed by atoms with Gasteiger partial charge in [0.05, 0.1) is 22.9 Å². The van der Waals surface area contributed by atoms with E-state index in [1.165, 1.54) is 10.7 Å². The Balaban J connectivity index is 2.05. The molecule has 0 aliphatic carbocycles. The predicted octanol–water partition coefficient (Wildman–Crippen LogP) is 3.91. The summed E-state index contributed by atoms with van der Waals surface area (Å²) < 4.78 is 1.92. The second-order valence-electron chi connectivity index (χ2n) is 7.32. The number of aromatic nitrogens is 3. The van der Waals surface area contributed by atoms with Gasteiger partial charge in [-0.3, -0.25) is 9.59 Å². The van der Waals surface area contributed by atoms with Crippen LogP contribution in [0.15, 0.2) is 41.1 Å². The number of hydrogen-bond donors (Lipinski definition) is 2. The van der Waals surface area contributed by atoms with E-state index in [4.69, 9.17) is 0 Å². The smallest absolute Gasteiger partial charge is 0.274 e. The summed E-state index contributed by atoms with van der Waals surface area (Å²) in [5.41, 5.74) is 2.58. The minimum atomic E-state index is -0.463. The molecule has 3 rings (SSSR count). The summed E-state index contributed by atoms with van der Waals surface area (Å²) in [7, 11) is 0. The van der Waals surface area contributed by atoms with Gasteiger partial charge < -0.3 is 10.6 Å². The van der Waals surface area contributed by atoms with E-state index < -0.39 is 5.91 Å². The molecule has 158 valence electrons. The van der Waals surface area contributed by atoms with Crippen molar-refractivity contribution in [2.24, 2.45) is 0 Å². The van der Waals surface area contributed by atoms with Crippen molar-refractivity contribution in [3.8, 4) is 11.9 Å². The van der Waals surface area contributed by atoms with E-state index in [2.05, 4.69) is 36.6 Å². The molecule has 0 atom stereocenters. The molecular formula is C22H21BrN6O2. The van der Waals surface area contributed by atoms with Gasteiger partial charge in [-0.1, -0.05) is 6.07 Å². The summed E-state index contributed by atoms with van der Waals surface area (Å²) in [6.07, 6.45) is 1.62. The highest BCUT2D eigenvalue weighted by Gasteiger charge is 2.22. The van der Waals surface area contributed by atoms with Crippen LogP contribution < -0.4 is 10.6 Å². The van der Waals surface area contributed by atoms with Crippen LogP contribution in [0, 0.1) is 25.2 Å². The molecule has 0 bridgehead atoms. The quantitative estimate of drug-likeness (QED) is 0.574. The largest absolute Gasteiger partial charge is 0.350 e. The van der Waals surface area contributed by atoms with Crippen molar-refractivity contribution in [3.63, 3.8) is 0 Å². The Labute approximate surface area is 188 Å². The number of amides is 2. The summed E-state index contributed by atoms with van der Waals surface area (Å²) in [5, 5.41) is 19.3. The second kappa shape index (κ2) is 9.10. The molecule has 0 radical (unpaired) electrons. The van der Waals surface area contributed by atoms with Crippen LogP contribution in [0.3, 0.4) is 0 Å². The first-order valence-electron chi connectivity index (χ1n) is 9.55. The Bertz CT molecular complexity index is 1210. The number of anilines is 1. The van der Waals surface area contributed by atoms with Gasteiger partial charge in [0.25, 0.3) is 11.8 Å². The maximum Gasteiger partial charge on any atom is 0.274 e. The fraction of sp³-hybridized carbons (Fsp3) is 0.227. The molecule has 3 aromatic rings. The lowest BCUT2D eigenvalue weighted by atomic mass is 10.0. The maximum absolute atomic E-state index is 13.2. The molecule has 2 amide bonds. The average Bonchev–Trinajstić information content (AvgIpc) is 3.10. The molecule has 2 aromatic heterocycles. The van der Waals surface area contributed by atoms with Crippen molar-refractivity contribution in [1.82, 2.24) is 20.1 Å². The highest BCUT2D eigenvalue weighted by molar-refractivity contribution is 9.10. The zero-order chi connectivity index (χ0) is 22.7. The van der Waals surface area contributed by atoms with Crippen LogP contribution in [0.5, 0.6) is 0 Å². The molecule has 0 aliphatic rings. The Morgan fingerprint density at radius 1 is 1.16 bits per heavy atom. The summed E-state index contributed by atoms with van der Waals surface area (Å²) in [6.45, 7) is 7.28. The van der Waals surface area contributed by atoms with E-state index in [0.717, 1.165) is 5.56 Å². The van der Waals surface area contributed by atoms with Gasteiger partial charge in [0.2, 0.25) is 0 Å². The normalized spacial score (nSPS) is 10.6. The molecule has 1 aromatic carbocycles. The Hall–Kier alpha value is -3.51. The lowest BCUT2D eigenvalue weighted by Gasteiger charge is -2.16. The molecule has 0 unspecified atom stereocenters. The van der Waals surface area contributed by atoms with E-state index in [9.17, 15) is 14.9 Å². The predicted molar refractivity (Wildman–Crippen MR) is 120 cm³/mol. The highest BCUT2D eigenvalue weighted by Crippen LogP contribution is 2.25. The minimum Gasteiger partial charge on any atom is -0.350 e. The number of benzene rings is 1. The van der Waals surface area contributed by atoms with E-state index in [0.29, 0.717) is 27.2 Å². The lowest BCUT2D eigenvalue weighted by molar-refractivity contribution is 0.0944. The van der Waals surface area contributed by atoms with Crippen molar-refractivity contribution >= 4 is 33.4 Å². The topological polar surface area (TPSA) is 113 Å². The summed E-state index contributed by atoms with van der Waals surface area (Å²) in [5.74, 6) is -0.317. The molecule has 8 nitrogen and oxygen atoms in total. The number of carbonyl (C=O) groups excluding carboxylic acids is 2. The SMILES string of the molecule is Cc1cccnc1-n1nc(Br)cc1C(=O)Nc1c(C)cc(C#N)cc1C(=O)NC(C)C.